The molecule has 0 bridgehead atoms. The van der Waals surface area contributed by atoms with Crippen LogP contribution in [-0.2, 0) is 0 Å². The Morgan fingerprint density at radius 3 is 2.73 bits per heavy atom. The quantitative estimate of drug-likeness (QED) is 0.621. The molecular weight excluding hydrogens is 266 g/mol. The van der Waals surface area contributed by atoms with E-state index in [1.807, 2.05) is 0 Å². The van der Waals surface area contributed by atoms with Gasteiger partial charge in [0, 0.05) is 11.6 Å². The van der Waals surface area contributed by atoms with Gasteiger partial charge in [-0.05, 0) is 53.3 Å². The van der Waals surface area contributed by atoms with Gasteiger partial charge < -0.3 is 4.90 Å². The number of rotatable bonds is 0. The molecule has 0 amide bonds. The molecule has 1 saturated carbocycles. The molecular formula is C21H19N. The summed E-state index contributed by atoms with van der Waals surface area (Å²) in [4.78, 5) is 2.59. The molecule has 1 heteroatoms. The monoisotopic (exact) mass is 285 g/mol. The Bertz CT molecular complexity index is 858. The summed E-state index contributed by atoms with van der Waals surface area (Å²) in [6.45, 7) is 8.85. The molecule has 2 heterocycles. The SMILES string of the molecule is C=C1C2c3ccc(C)c(C)c3C3C=Cc4ccccc4N3C12. The van der Waals surface area contributed by atoms with E-state index in [1.54, 1.807) is 0 Å². The van der Waals surface area contributed by atoms with Crippen molar-refractivity contribution >= 4 is 11.8 Å². The van der Waals surface area contributed by atoms with Crippen molar-refractivity contribution in [2.75, 3.05) is 4.90 Å². The van der Waals surface area contributed by atoms with E-state index in [0.29, 0.717) is 18.0 Å². The highest BCUT2D eigenvalue weighted by Gasteiger charge is 2.55. The summed E-state index contributed by atoms with van der Waals surface area (Å²) in [5.41, 5.74) is 9.89. The number of benzene rings is 2. The van der Waals surface area contributed by atoms with Crippen LogP contribution >= 0.6 is 0 Å². The Hall–Kier alpha value is -2.28. The van der Waals surface area contributed by atoms with Crippen molar-refractivity contribution in [2.45, 2.75) is 31.8 Å². The van der Waals surface area contributed by atoms with Gasteiger partial charge >= 0.3 is 0 Å². The molecule has 0 N–H and O–H groups in total. The lowest BCUT2D eigenvalue weighted by atomic mass is 9.84. The molecule has 0 spiro atoms. The van der Waals surface area contributed by atoms with Crippen LogP contribution in [0.4, 0.5) is 5.69 Å². The maximum atomic E-state index is 4.36. The van der Waals surface area contributed by atoms with E-state index in [9.17, 15) is 0 Å². The average Bonchev–Trinajstić information content (AvgIpc) is 3.21. The van der Waals surface area contributed by atoms with E-state index in [-0.39, 0.29) is 0 Å². The van der Waals surface area contributed by atoms with Gasteiger partial charge in [-0.2, -0.15) is 0 Å². The van der Waals surface area contributed by atoms with Crippen LogP contribution in [0.15, 0.2) is 54.6 Å². The molecule has 0 radical (unpaired) electrons. The lowest BCUT2D eigenvalue weighted by molar-refractivity contribution is 0.663. The second kappa shape index (κ2) is 3.92. The average molecular weight is 285 g/mol. The number of para-hydroxylation sites is 1. The largest absolute Gasteiger partial charge is 0.353 e. The zero-order chi connectivity index (χ0) is 15.0. The highest BCUT2D eigenvalue weighted by atomic mass is 15.2. The topological polar surface area (TPSA) is 3.24 Å². The number of hydrogen-bond donors (Lipinski definition) is 0. The van der Waals surface area contributed by atoms with Crippen molar-refractivity contribution < 1.29 is 0 Å². The Kier molecular flexibility index (Phi) is 2.19. The molecule has 1 fully saturated rings. The molecule has 5 rings (SSSR count). The minimum Gasteiger partial charge on any atom is -0.353 e. The van der Waals surface area contributed by atoms with Crippen LogP contribution in [0.1, 0.15) is 39.8 Å². The second-order valence-corrected chi connectivity index (χ2v) is 6.78. The minimum atomic E-state index is 0.352. The molecule has 1 nitrogen and oxygen atoms in total. The predicted molar refractivity (Wildman–Crippen MR) is 92.3 cm³/mol. The van der Waals surface area contributed by atoms with E-state index in [0.717, 1.165) is 0 Å². The van der Waals surface area contributed by atoms with E-state index in [4.69, 9.17) is 0 Å². The third-order valence-electron chi connectivity index (χ3n) is 5.71. The highest BCUT2D eigenvalue weighted by molar-refractivity contribution is 5.79. The maximum Gasteiger partial charge on any atom is 0.0742 e. The van der Waals surface area contributed by atoms with Crippen molar-refractivity contribution in [1.29, 1.82) is 0 Å². The van der Waals surface area contributed by atoms with Gasteiger partial charge in [0.05, 0.1) is 12.1 Å². The molecule has 108 valence electrons. The van der Waals surface area contributed by atoms with Crippen molar-refractivity contribution in [3.05, 3.63) is 82.4 Å². The normalized spacial score (nSPS) is 26.9. The lowest BCUT2D eigenvalue weighted by Gasteiger charge is -2.41. The summed E-state index contributed by atoms with van der Waals surface area (Å²) < 4.78 is 0. The molecule has 22 heavy (non-hydrogen) atoms. The van der Waals surface area contributed by atoms with Gasteiger partial charge in [-0.15, -0.1) is 0 Å². The van der Waals surface area contributed by atoms with Gasteiger partial charge in [0.1, 0.15) is 0 Å². The first-order chi connectivity index (χ1) is 10.7. The molecule has 2 aromatic carbocycles. The van der Waals surface area contributed by atoms with Crippen molar-refractivity contribution in [1.82, 2.24) is 0 Å². The predicted octanol–water partition coefficient (Wildman–Crippen LogP) is 4.91. The summed E-state index contributed by atoms with van der Waals surface area (Å²) in [6, 6.07) is 14.2. The lowest BCUT2D eigenvalue weighted by Crippen LogP contribution is -2.37. The summed E-state index contributed by atoms with van der Waals surface area (Å²) in [5.74, 6) is 0.519. The van der Waals surface area contributed by atoms with Gasteiger partial charge in [0.15, 0.2) is 0 Å². The number of anilines is 1. The van der Waals surface area contributed by atoms with Gasteiger partial charge in [-0.3, -0.25) is 0 Å². The molecule has 3 atom stereocenters. The van der Waals surface area contributed by atoms with Crippen LogP contribution in [0, 0.1) is 13.8 Å². The first-order valence-electron chi connectivity index (χ1n) is 8.02. The van der Waals surface area contributed by atoms with Crippen LogP contribution in [0.3, 0.4) is 0 Å². The van der Waals surface area contributed by atoms with Crippen LogP contribution < -0.4 is 4.90 Å². The number of fused-ring (bicyclic) bond motifs is 8. The van der Waals surface area contributed by atoms with Crippen LogP contribution in [0.5, 0.6) is 0 Å². The summed E-state index contributed by atoms with van der Waals surface area (Å²) >= 11 is 0. The zero-order valence-corrected chi connectivity index (χ0v) is 13.0. The fourth-order valence-corrected chi connectivity index (χ4v) is 4.39. The van der Waals surface area contributed by atoms with Gasteiger partial charge in [0.25, 0.3) is 0 Å². The second-order valence-electron chi connectivity index (χ2n) is 6.78. The Labute approximate surface area is 131 Å². The third kappa shape index (κ3) is 1.34. The molecule has 2 aromatic rings. The van der Waals surface area contributed by atoms with Gasteiger partial charge in [-0.25, -0.2) is 0 Å². The molecule has 0 aromatic heterocycles. The van der Waals surface area contributed by atoms with Crippen molar-refractivity contribution in [3.63, 3.8) is 0 Å². The standard InChI is InChI=1S/C21H19N/c1-12-8-10-16-19(13(12)2)18-11-9-15-6-4-5-7-17(15)22(18)21-14(3)20(16)21/h4-11,18,20-21H,3H2,1-2H3. The fraction of sp³-hybridized carbons (Fsp3) is 0.238. The molecule has 2 aliphatic heterocycles. The van der Waals surface area contributed by atoms with Crippen LogP contribution in [-0.4, -0.2) is 6.04 Å². The Balaban J connectivity index is 1.80. The molecule has 3 aliphatic rings. The van der Waals surface area contributed by atoms with Gasteiger partial charge in [-0.1, -0.05) is 49.1 Å². The summed E-state index contributed by atoms with van der Waals surface area (Å²) in [7, 11) is 0. The van der Waals surface area contributed by atoms with Crippen molar-refractivity contribution in [2.24, 2.45) is 0 Å². The Morgan fingerprint density at radius 2 is 1.86 bits per heavy atom. The number of hydrogen-bond acceptors (Lipinski definition) is 1. The maximum absolute atomic E-state index is 4.36. The summed E-state index contributed by atoms with van der Waals surface area (Å²) in [6.07, 6.45) is 4.66. The van der Waals surface area contributed by atoms with E-state index in [2.05, 4.69) is 73.9 Å². The van der Waals surface area contributed by atoms with Crippen LogP contribution in [0.2, 0.25) is 0 Å². The van der Waals surface area contributed by atoms with E-state index in [1.165, 1.54) is 39.1 Å². The molecule has 1 aliphatic carbocycles. The van der Waals surface area contributed by atoms with E-state index >= 15 is 0 Å². The van der Waals surface area contributed by atoms with Crippen molar-refractivity contribution in [3.8, 4) is 0 Å². The van der Waals surface area contributed by atoms with Crippen LogP contribution in [0.25, 0.3) is 6.08 Å². The first-order valence-corrected chi connectivity index (χ1v) is 8.02. The van der Waals surface area contributed by atoms with E-state index < -0.39 is 0 Å². The smallest absolute Gasteiger partial charge is 0.0742 e. The number of aryl methyl sites for hydroxylation is 1. The summed E-state index contributed by atoms with van der Waals surface area (Å²) in [5, 5.41) is 0. The fourth-order valence-electron chi connectivity index (χ4n) is 4.39. The molecule has 3 unspecified atom stereocenters. The Morgan fingerprint density at radius 1 is 1.05 bits per heavy atom. The van der Waals surface area contributed by atoms with Gasteiger partial charge in [0.2, 0.25) is 0 Å². The minimum absolute atomic E-state index is 0.352. The third-order valence-corrected chi connectivity index (χ3v) is 5.71. The first kappa shape index (κ1) is 12.3. The molecule has 0 saturated heterocycles. The number of nitrogens with zero attached hydrogens (tertiary/aromatic N) is 1. The zero-order valence-electron chi connectivity index (χ0n) is 13.0. The highest BCUT2D eigenvalue weighted by Crippen LogP contribution is 2.60.